The topological polar surface area (TPSA) is 65.9 Å². The number of fused-ring (bicyclic) bond motifs is 2. The SMILES string of the molecule is CC1=CC(C)=[N+]2C1=C(c1ccc(OCCN=[N+]=[N-])cc1)c1c(C)cc(C)n1[B-]2(F)F. The van der Waals surface area contributed by atoms with Crippen LogP contribution in [0.15, 0.2) is 52.8 Å². The van der Waals surface area contributed by atoms with Crippen LogP contribution < -0.4 is 4.74 Å². The van der Waals surface area contributed by atoms with Gasteiger partial charge in [-0.1, -0.05) is 17.2 Å². The van der Waals surface area contributed by atoms with Crippen molar-refractivity contribution >= 4 is 18.3 Å². The van der Waals surface area contributed by atoms with Crippen LogP contribution in [0.5, 0.6) is 5.75 Å². The van der Waals surface area contributed by atoms with E-state index >= 15 is 8.63 Å². The Bertz CT molecular complexity index is 1180. The lowest BCUT2D eigenvalue weighted by Crippen LogP contribution is -2.51. The summed E-state index contributed by atoms with van der Waals surface area (Å²) >= 11 is 0. The molecule has 0 saturated heterocycles. The zero-order valence-electron chi connectivity index (χ0n) is 17.4. The summed E-state index contributed by atoms with van der Waals surface area (Å²) in [4.78, 5) is 2.69. The first-order valence-electron chi connectivity index (χ1n) is 9.78. The van der Waals surface area contributed by atoms with E-state index in [1.165, 1.54) is 8.96 Å². The summed E-state index contributed by atoms with van der Waals surface area (Å²) in [5, 5.41) is 3.44. The van der Waals surface area contributed by atoms with Crippen LogP contribution >= 0.6 is 0 Å². The lowest BCUT2D eigenvalue weighted by Gasteiger charge is -2.34. The van der Waals surface area contributed by atoms with E-state index in [-0.39, 0.29) is 13.2 Å². The van der Waals surface area contributed by atoms with Gasteiger partial charge in [0.2, 0.25) is 0 Å². The van der Waals surface area contributed by atoms with Gasteiger partial charge in [0.15, 0.2) is 5.70 Å². The van der Waals surface area contributed by atoms with Crippen molar-refractivity contribution in [2.75, 3.05) is 13.2 Å². The average molecular weight is 409 g/mol. The first-order chi connectivity index (χ1) is 14.3. The smallest absolute Gasteiger partial charge is 0.493 e. The van der Waals surface area contributed by atoms with Gasteiger partial charge in [-0.3, -0.25) is 0 Å². The summed E-state index contributed by atoms with van der Waals surface area (Å²) in [7, 11) is 0. The maximum Gasteiger partial charge on any atom is 0.737 e. The largest absolute Gasteiger partial charge is 0.737 e. The Balaban J connectivity index is 1.86. The molecule has 0 amide bonds. The number of aromatic nitrogens is 1. The molecule has 0 spiro atoms. The normalized spacial score (nSPS) is 16.8. The Kier molecular flexibility index (Phi) is 4.78. The van der Waals surface area contributed by atoms with Crippen molar-refractivity contribution in [2.24, 2.45) is 5.11 Å². The summed E-state index contributed by atoms with van der Waals surface area (Å²) < 4.78 is 39.2. The maximum atomic E-state index is 15.6. The van der Waals surface area contributed by atoms with Gasteiger partial charge >= 0.3 is 6.97 Å². The van der Waals surface area contributed by atoms with E-state index in [2.05, 4.69) is 10.0 Å². The molecule has 1 aromatic carbocycles. The number of nitrogens with zero attached hydrogens (tertiary/aromatic N) is 5. The number of allylic oxidation sites excluding steroid dienone is 2. The molecular weight excluding hydrogens is 387 g/mol. The maximum absolute atomic E-state index is 15.6. The number of rotatable bonds is 5. The second kappa shape index (κ2) is 7.18. The van der Waals surface area contributed by atoms with Crippen LogP contribution in [-0.4, -0.2) is 34.8 Å². The zero-order chi connectivity index (χ0) is 21.6. The molecule has 0 N–H and O–H groups in total. The fraction of sp³-hybridized carbons (Fsp3) is 0.286. The minimum absolute atomic E-state index is 0.241. The van der Waals surface area contributed by atoms with Gasteiger partial charge in [0.1, 0.15) is 11.5 Å². The summed E-state index contributed by atoms with van der Waals surface area (Å²) in [6, 6.07) is 9.19. The van der Waals surface area contributed by atoms with Crippen LogP contribution in [0.25, 0.3) is 16.0 Å². The van der Waals surface area contributed by atoms with Crippen molar-refractivity contribution < 1.29 is 17.9 Å². The highest BCUT2D eigenvalue weighted by atomic mass is 19.2. The van der Waals surface area contributed by atoms with Crippen molar-refractivity contribution in [3.63, 3.8) is 0 Å². The van der Waals surface area contributed by atoms with E-state index < -0.39 is 6.97 Å². The number of hydrogen-bond donors (Lipinski definition) is 0. The van der Waals surface area contributed by atoms with Gasteiger partial charge in [0.25, 0.3) is 0 Å². The Hall–Kier alpha value is -3.32. The molecule has 4 rings (SSSR count). The lowest BCUT2D eigenvalue weighted by atomic mass is 9.84. The fourth-order valence-corrected chi connectivity index (χ4v) is 4.54. The molecule has 0 unspecified atom stereocenters. The minimum atomic E-state index is -3.98. The van der Waals surface area contributed by atoms with Crippen LogP contribution in [0, 0.1) is 13.8 Å². The van der Waals surface area contributed by atoms with E-state index in [0.29, 0.717) is 28.5 Å². The molecular formula is C21H22BF2N5O. The zero-order valence-corrected chi connectivity index (χ0v) is 17.4. The standard InChI is InChI=1S/C21H22BF2N5O/c1-13-11-15(3)28-20(13)19(21-14(2)12-16(4)29(21)22(28,23)24)17-5-7-18(8-6-17)30-10-9-26-27-25/h5-8,11-12H,9-10H2,1-4H3. The first-order valence-corrected chi connectivity index (χ1v) is 9.78. The van der Waals surface area contributed by atoms with Crippen LogP contribution in [0.1, 0.15) is 36.4 Å². The lowest BCUT2D eigenvalue weighted by molar-refractivity contribution is -0.363. The molecule has 30 heavy (non-hydrogen) atoms. The molecule has 154 valence electrons. The molecule has 0 bridgehead atoms. The quantitative estimate of drug-likeness (QED) is 0.219. The van der Waals surface area contributed by atoms with Gasteiger partial charge in [-0.05, 0) is 61.3 Å². The Morgan fingerprint density at radius 1 is 1.17 bits per heavy atom. The summed E-state index contributed by atoms with van der Waals surface area (Å²) in [5.74, 6) is 0.629. The van der Waals surface area contributed by atoms with E-state index in [0.717, 1.165) is 22.3 Å². The van der Waals surface area contributed by atoms with Crippen molar-refractivity contribution in [1.82, 2.24) is 4.48 Å². The Morgan fingerprint density at radius 2 is 1.87 bits per heavy atom. The number of benzene rings is 1. The Labute approximate surface area is 173 Å². The third-order valence-corrected chi connectivity index (χ3v) is 5.60. The van der Waals surface area contributed by atoms with Gasteiger partial charge in [-0.15, -0.1) is 0 Å². The summed E-state index contributed by atoms with van der Waals surface area (Å²) in [6.07, 6.45) is 1.81. The van der Waals surface area contributed by atoms with Gasteiger partial charge in [0.05, 0.1) is 18.7 Å². The van der Waals surface area contributed by atoms with E-state index in [1.807, 2.05) is 38.1 Å². The van der Waals surface area contributed by atoms with Crippen molar-refractivity contribution in [1.29, 1.82) is 0 Å². The molecule has 0 atom stereocenters. The molecule has 1 aromatic heterocycles. The number of ether oxygens (including phenoxy) is 1. The number of halogens is 2. The predicted octanol–water partition coefficient (Wildman–Crippen LogP) is 5.22. The number of azide groups is 1. The van der Waals surface area contributed by atoms with E-state index in [1.54, 1.807) is 26.0 Å². The highest BCUT2D eigenvalue weighted by Gasteiger charge is 2.55. The monoisotopic (exact) mass is 409 g/mol. The third kappa shape index (κ3) is 2.94. The predicted molar refractivity (Wildman–Crippen MR) is 114 cm³/mol. The van der Waals surface area contributed by atoms with Crippen LogP contribution in [0.4, 0.5) is 8.63 Å². The molecule has 0 fully saturated rings. The van der Waals surface area contributed by atoms with Crippen molar-refractivity contribution in [3.8, 4) is 5.75 Å². The van der Waals surface area contributed by atoms with Crippen LogP contribution in [0.2, 0.25) is 0 Å². The molecule has 0 saturated carbocycles. The van der Waals surface area contributed by atoms with Gasteiger partial charge in [-0.25, -0.2) is 0 Å². The van der Waals surface area contributed by atoms with Crippen molar-refractivity contribution in [3.05, 3.63) is 80.6 Å². The molecule has 2 aliphatic heterocycles. The fourth-order valence-electron chi connectivity index (χ4n) is 4.54. The van der Waals surface area contributed by atoms with E-state index in [4.69, 9.17) is 10.3 Å². The van der Waals surface area contributed by atoms with E-state index in [9.17, 15) is 0 Å². The second-order valence-corrected chi connectivity index (χ2v) is 7.67. The van der Waals surface area contributed by atoms with Crippen LogP contribution in [-0.2, 0) is 0 Å². The molecule has 2 aliphatic rings. The molecule has 0 radical (unpaired) electrons. The highest BCUT2D eigenvalue weighted by molar-refractivity contribution is 6.58. The number of aryl methyl sites for hydroxylation is 2. The highest BCUT2D eigenvalue weighted by Crippen LogP contribution is 2.44. The molecule has 2 aromatic rings. The molecule has 3 heterocycles. The molecule has 0 aliphatic carbocycles. The summed E-state index contributed by atoms with van der Waals surface area (Å²) in [5.41, 5.74) is 13.8. The van der Waals surface area contributed by atoms with Gasteiger partial charge < -0.3 is 22.3 Å². The average Bonchev–Trinajstić information content (AvgIpc) is 3.16. The van der Waals surface area contributed by atoms with Gasteiger partial charge in [0, 0.05) is 29.2 Å². The number of hydrogen-bond acceptors (Lipinski definition) is 2. The third-order valence-electron chi connectivity index (χ3n) is 5.60. The summed E-state index contributed by atoms with van der Waals surface area (Å²) in [6.45, 7) is 3.73. The molecule has 6 nitrogen and oxygen atoms in total. The second-order valence-electron chi connectivity index (χ2n) is 7.67. The van der Waals surface area contributed by atoms with Gasteiger partial charge in [-0.2, -0.15) is 0 Å². The van der Waals surface area contributed by atoms with Crippen molar-refractivity contribution in [2.45, 2.75) is 27.7 Å². The van der Waals surface area contributed by atoms with Crippen LogP contribution in [0.3, 0.4) is 0 Å². The minimum Gasteiger partial charge on any atom is -0.493 e. The Morgan fingerprint density at radius 3 is 2.53 bits per heavy atom. The first kappa shape index (κ1) is 20.0. The molecule has 9 heteroatoms.